The third kappa shape index (κ3) is 14.3. The molecule has 3 amide bonds. The molecule has 0 saturated heterocycles. The molecule has 0 aliphatic carbocycles. The zero-order chi connectivity index (χ0) is 21.2. The molecule has 0 radical (unpaired) electrons. The van der Waals surface area contributed by atoms with Crippen LogP contribution >= 0.6 is 0 Å². The number of amides is 3. The normalized spacial score (nSPS) is 10.9. The minimum Gasteiger partial charge on any atom is -0.359 e. The van der Waals surface area contributed by atoms with E-state index >= 15 is 0 Å². The zero-order valence-corrected chi connectivity index (χ0v) is 17.7. The predicted octanol–water partition coefficient (Wildman–Crippen LogP) is -2.45. The van der Waals surface area contributed by atoms with E-state index in [1.54, 1.807) is 21.1 Å². The van der Waals surface area contributed by atoms with E-state index in [0.29, 0.717) is 45.4 Å². The Morgan fingerprint density at radius 2 is 1.04 bits per heavy atom. The Morgan fingerprint density at radius 1 is 0.643 bits per heavy atom. The van der Waals surface area contributed by atoms with E-state index < -0.39 is 0 Å². The van der Waals surface area contributed by atoms with E-state index in [0.717, 1.165) is 32.7 Å². The quantitative estimate of drug-likeness (QED) is 0.171. The largest absolute Gasteiger partial charge is 0.359 e. The molecule has 0 spiro atoms. The van der Waals surface area contributed by atoms with Gasteiger partial charge < -0.3 is 36.8 Å². The molecule has 0 rings (SSSR count). The molecule has 0 aliphatic rings. The summed E-state index contributed by atoms with van der Waals surface area (Å²) >= 11 is 0. The van der Waals surface area contributed by atoms with Gasteiger partial charge in [-0.05, 0) is 0 Å². The number of nitrogens with two attached hydrogens (primary N) is 1. The number of nitrogens with zero attached hydrogens (tertiary/aromatic N) is 2. The van der Waals surface area contributed by atoms with Crippen LogP contribution in [-0.2, 0) is 14.4 Å². The highest BCUT2D eigenvalue weighted by molar-refractivity contribution is 5.76. The van der Waals surface area contributed by atoms with Crippen LogP contribution in [0.3, 0.4) is 0 Å². The van der Waals surface area contributed by atoms with E-state index in [1.165, 1.54) is 0 Å². The van der Waals surface area contributed by atoms with E-state index in [1.807, 2.05) is 0 Å². The van der Waals surface area contributed by atoms with Gasteiger partial charge in [0, 0.05) is 99.3 Å². The molecule has 0 bridgehead atoms. The lowest BCUT2D eigenvalue weighted by Gasteiger charge is -2.27. The monoisotopic (exact) mass is 401 g/mol. The van der Waals surface area contributed by atoms with Crippen LogP contribution < -0.4 is 27.0 Å². The van der Waals surface area contributed by atoms with E-state index in [2.05, 4.69) is 31.1 Å². The minimum absolute atomic E-state index is 0.0102. The third-order valence-electron chi connectivity index (χ3n) is 4.46. The molecule has 10 heteroatoms. The van der Waals surface area contributed by atoms with Crippen molar-refractivity contribution < 1.29 is 14.4 Å². The number of carbonyl (C=O) groups is 3. The third-order valence-corrected chi connectivity index (χ3v) is 4.46. The Hall–Kier alpha value is -1.75. The molecule has 10 nitrogen and oxygen atoms in total. The van der Waals surface area contributed by atoms with Crippen LogP contribution in [0.5, 0.6) is 0 Å². The first-order chi connectivity index (χ1) is 13.5. The van der Waals surface area contributed by atoms with E-state index in [4.69, 9.17) is 5.73 Å². The number of hydrogen-bond acceptors (Lipinski definition) is 7. The summed E-state index contributed by atoms with van der Waals surface area (Å²) in [7, 11) is 4.87. The van der Waals surface area contributed by atoms with Crippen molar-refractivity contribution in [2.24, 2.45) is 5.73 Å². The first-order valence-corrected chi connectivity index (χ1v) is 9.94. The molecule has 0 aliphatic heterocycles. The first kappa shape index (κ1) is 26.2. The number of rotatable bonds is 17. The maximum atomic E-state index is 11.6. The fourth-order valence-corrected chi connectivity index (χ4v) is 2.57. The standard InChI is InChI=1S/C18H39N7O3/c1-20-16(26)4-10-24(11-5-17(27)21-2)14-15-25(12-6-18(28)22-3)13-9-23-8-7-19/h23H,4-15,19H2,1-3H3,(H,20,26)(H,21,27)(H,22,28). The van der Waals surface area contributed by atoms with Gasteiger partial charge in [-0.3, -0.25) is 14.4 Å². The van der Waals surface area contributed by atoms with Gasteiger partial charge in [0.25, 0.3) is 0 Å². The maximum absolute atomic E-state index is 11.6. The average molecular weight is 402 g/mol. The molecule has 0 unspecified atom stereocenters. The van der Waals surface area contributed by atoms with Crippen molar-refractivity contribution in [2.45, 2.75) is 19.3 Å². The molecule has 0 saturated carbocycles. The summed E-state index contributed by atoms with van der Waals surface area (Å²) in [4.78, 5) is 39.1. The highest BCUT2D eigenvalue weighted by Gasteiger charge is 2.13. The minimum atomic E-state index is -0.0209. The first-order valence-electron chi connectivity index (χ1n) is 9.94. The zero-order valence-electron chi connectivity index (χ0n) is 17.7. The predicted molar refractivity (Wildman–Crippen MR) is 111 cm³/mol. The molecule has 28 heavy (non-hydrogen) atoms. The molecule has 0 heterocycles. The lowest BCUT2D eigenvalue weighted by atomic mass is 10.3. The van der Waals surface area contributed by atoms with Gasteiger partial charge in [-0.25, -0.2) is 0 Å². The molecular weight excluding hydrogens is 362 g/mol. The van der Waals surface area contributed by atoms with Crippen LogP contribution in [0.2, 0.25) is 0 Å². The van der Waals surface area contributed by atoms with Gasteiger partial charge in [0.1, 0.15) is 0 Å². The fraction of sp³-hybridized carbons (Fsp3) is 0.833. The molecule has 0 fully saturated rings. The molecule has 164 valence electrons. The van der Waals surface area contributed by atoms with Crippen LogP contribution in [0.25, 0.3) is 0 Å². The van der Waals surface area contributed by atoms with Crippen LogP contribution in [0.15, 0.2) is 0 Å². The second-order valence-corrected chi connectivity index (χ2v) is 6.49. The number of hydrogen-bond donors (Lipinski definition) is 5. The van der Waals surface area contributed by atoms with Crippen molar-refractivity contribution in [3.63, 3.8) is 0 Å². The topological polar surface area (TPSA) is 132 Å². The molecule has 6 N–H and O–H groups in total. The molecular formula is C18H39N7O3. The van der Waals surface area contributed by atoms with Crippen molar-refractivity contribution in [3.8, 4) is 0 Å². The van der Waals surface area contributed by atoms with Crippen molar-refractivity contribution in [1.82, 2.24) is 31.1 Å². The van der Waals surface area contributed by atoms with Gasteiger partial charge in [0.15, 0.2) is 0 Å². The van der Waals surface area contributed by atoms with Crippen LogP contribution in [-0.4, -0.2) is 108 Å². The summed E-state index contributed by atoms with van der Waals surface area (Å²) in [5, 5.41) is 11.2. The van der Waals surface area contributed by atoms with Crippen LogP contribution in [0.1, 0.15) is 19.3 Å². The second-order valence-electron chi connectivity index (χ2n) is 6.49. The molecule has 0 aromatic rings. The van der Waals surface area contributed by atoms with Gasteiger partial charge in [0.05, 0.1) is 0 Å². The Balaban J connectivity index is 4.64. The summed E-state index contributed by atoms with van der Waals surface area (Å²) in [6.45, 7) is 6.25. The smallest absolute Gasteiger partial charge is 0.221 e. The fourth-order valence-electron chi connectivity index (χ4n) is 2.57. The van der Waals surface area contributed by atoms with Gasteiger partial charge in [0.2, 0.25) is 17.7 Å². The van der Waals surface area contributed by atoms with Gasteiger partial charge in [-0.1, -0.05) is 0 Å². The second kappa shape index (κ2) is 17.4. The summed E-state index contributed by atoms with van der Waals surface area (Å²) in [6, 6.07) is 0. The van der Waals surface area contributed by atoms with E-state index in [9.17, 15) is 14.4 Å². The Morgan fingerprint density at radius 3 is 1.39 bits per heavy atom. The lowest BCUT2D eigenvalue weighted by Crippen LogP contribution is -2.42. The van der Waals surface area contributed by atoms with Crippen molar-refractivity contribution >= 4 is 17.7 Å². The van der Waals surface area contributed by atoms with Gasteiger partial charge in [-0.2, -0.15) is 0 Å². The maximum Gasteiger partial charge on any atom is 0.221 e. The van der Waals surface area contributed by atoms with Crippen LogP contribution in [0.4, 0.5) is 0 Å². The van der Waals surface area contributed by atoms with Crippen LogP contribution in [0, 0.1) is 0 Å². The lowest BCUT2D eigenvalue weighted by molar-refractivity contribution is -0.122. The van der Waals surface area contributed by atoms with Gasteiger partial charge in [-0.15, -0.1) is 0 Å². The summed E-state index contributed by atoms with van der Waals surface area (Å²) in [6.07, 6.45) is 1.21. The summed E-state index contributed by atoms with van der Waals surface area (Å²) in [5.74, 6) is -0.0317. The summed E-state index contributed by atoms with van der Waals surface area (Å²) in [5.41, 5.74) is 5.50. The Labute approximate surface area is 168 Å². The van der Waals surface area contributed by atoms with Gasteiger partial charge >= 0.3 is 0 Å². The highest BCUT2D eigenvalue weighted by atomic mass is 16.2. The summed E-state index contributed by atoms with van der Waals surface area (Å²) < 4.78 is 0. The number of nitrogens with one attached hydrogen (secondary N) is 4. The highest BCUT2D eigenvalue weighted by Crippen LogP contribution is 1.99. The molecule has 0 aromatic carbocycles. The molecule has 0 atom stereocenters. The van der Waals surface area contributed by atoms with Crippen molar-refractivity contribution in [2.75, 3.05) is 80.0 Å². The number of carbonyl (C=O) groups excluding carboxylic acids is 3. The Kier molecular flexibility index (Phi) is 16.3. The molecule has 0 aromatic heterocycles. The average Bonchev–Trinajstić information content (AvgIpc) is 2.72. The Bertz CT molecular complexity index is 429. The van der Waals surface area contributed by atoms with Crippen molar-refractivity contribution in [3.05, 3.63) is 0 Å². The van der Waals surface area contributed by atoms with Crippen molar-refractivity contribution in [1.29, 1.82) is 0 Å². The SMILES string of the molecule is CNC(=O)CCN(CCNCCN)CCN(CCC(=O)NC)CCC(=O)NC. The van der Waals surface area contributed by atoms with E-state index in [-0.39, 0.29) is 17.7 Å².